The molecule has 0 fully saturated rings. The molecule has 0 saturated carbocycles. The van der Waals surface area contributed by atoms with Crippen LogP contribution >= 0.6 is 0 Å². The second kappa shape index (κ2) is 3.27. The number of hydrogen-bond donors (Lipinski definition) is 1. The van der Waals surface area contributed by atoms with Crippen molar-refractivity contribution in [3.8, 4) is 0 Å². The lowest BCUT2D eigenvalue weighted by Crippen LogP contribution is -1.87. The molecule has 2 rings (SSSR count). The van der Waals surface area contributed by atoms with E-state index in [4.69, 9.17) is 5.84 Å². The minimum Gasteiger partial charge on any atom is -0.323 e. The van der Waals surface area contributed by atoms with Gasteiger partial charge in [-0.1, -0.05) is 42.5 Å². The van der Waals surface area contributed by atoms with Crippen LogP contribution in [0.4, 0.5) is 0 Å². The molecule has 0 atom stereocenters. The van der Waals surface area contributed by atoms with Crippen molar-refractivity contribution in [2.45, 2.75) is 0 Å². The van der Waals surface area contributed by atoms with E-state index in [2.05, 4.69) is 23.3 Å². The molecule has 0 radical (unpaired) electrons. The molecule has 0 saturated heterocycles. The van der Waals surface area contributed by atoms with E-state index < -0.39 is 0 Å². The molecule has 0 amide bonds. The molecule has 0 aliphatic heterocycles. The second-order valence-electron chi connectivity index (χ2n) is 2.85. The molecule has 64 valence electrons. The highest BCUT2D eigenvalue weighted by molar-refractivity contribution is 5.99. The normalized spacial score (nSPS) is 11.1. The summed E-state index contributed by atoms with van der Waals surface area (Å²) >= 11 is 0. The SMILES string of the molecule is N/N=C\c1cccc2ccccc12. The summed E-state index contributed by atoms with van der Waals surface area (Å²) in [5.74, 6) is 5.12. The molecule has 2 aromatic rings. The Kier molecular flexibility index (Phi) is 1.96. The summed E-state index contributed by atoms with van der Waals surface area (Å²) < 4.78 is 0. The van der Waals surface area contributed by atoms with Gasteiger partial charge < -0.3 is 5.84 Å². The maximum Gasteiger partial charge on any atom is 0.0544 e. The first-order chi connectivity index (χ1) is 6.42. The predicted molar refractivity (Wildman–Crippen MR) is 55.7 cm³/mol. The highest BCUT2D eigenvalue weighted by atomic mass is 15.1. The average Bonchev–Trinajstić information content (AvgIpc) is 2.19. The van der Waals surface area contributed by atoms with Crippen LogP contribution in [0, 0.1) is 0 Å². The van der Waals surface area contributed by atoms with Gasteiger partial charge >= 0.3 is 0 Å². The van der Waals surface area contributed by atoms with Gasteiger partial charge in [-0.25, -0.2) is 0 Å². The Morgan fingerprint density at radius 1 is 1.00 bits per heavy atom. The Hall–Kier alpha value is -1.83. The van der Waals surface area contributed by atoms with Crippen molar-refractivity contribution in [2.75, 3.05) is 0 Å². The fourth-order valence-corrected chi connectivity index (χ4v) is 1.44. The van der Waals surface area contributed by atoms with E-state index in [0.717, 1.165) is 5.56 Å². The molecule has 0 bridgehead atoms. The summed E-state index contributed by atoms with van der Waals surface area (Å²) in [5, 5.41) is 5.92. The summed E-state index contributed by atoms with van der Waals surface area (Å²) in [5.41, 5.74) is 1.06. The second-order valence-corrected chi connectivity index (χ2v) is 2.85. The summed E-state index contributed by atoms with van der Waals surface area (Å²) in [6.45, 7) is 0. The third kappa shape index (κ3) is 1.38. The van der Waals surface area contributed by atoms with E-state index in [1.165, 1.54) is 10.8 Å². The fourth-order valence-electron chi connectivity index (χ4n) is 1.44. The standard InChI is InChI=1S/C11H10N2/c12-13-8-10-6-3-5-9-4-1-2-7-11(9)10/h1-8H,12H2/b13-8-. The molecule has 13 heavy (non-hydrogen) atoms. The van der Waals surface area contributed by atoms with Crippen LogP contribution in [0.2, 0.25) is 0 Å². The van der Waals surface area contributed by atoms with Gasteiger partial charge in [-0.15, -0.1) is 0 Å². The maximum absolute atomic E-state index is 5.12. The number of hydrogen-bond acceptors (Lipinski definition) is 2. The van der Waals surface area contributed by atoms with Crippen molar-refractivity contribution in [1.82, 2.24) is 0 Å². The number of hydrazone groups is 1. The van der Waals surface area contributed by atoms with Gasteiger partial charge in [-0.05, 0) is 10.8 Å². The topological polar surface area (TPSA) is 38.4 Å². The Morgan fingerprint density at radius 3 is 2.62 bits per heavy atom. The Balaban J connectivity index is 2.75. The molecule has 2 heteroatoms. The van der Waals surface area contributed by atoms with Crippen molar-refractivity contribution in [3.05, 3.63) is 48.0 Å². The largest absolute Gasteiger partial charge is 0.323 e. The third-order valence-electron chi connectivity index (χ3n) is 2.04. The van der Waals surface area contributed by atoms with E-state index in [9.17, 15) is 0 Å². The summed E-state index contributed by atoms with van der Waals surface area (Å²) in [4.78, 5) is 0. The van der Waals surface area contributed by atoms with Crippen LogP contribution in [-0.4, -0.2) is 6.21 Å². The van der Waals surface area contributed by atoms with E-state index >= 15 is 0 Å². The van der Waals surface area contributed by atoms with Gasteiger partial charge in [0.2, 0.25) is 0 Å². The predicted octanol–water partition coefficient (Wildman–Crippen LogP) is 2.13. The number of benzene rings is 2. The smallest absolute Gasteiger partial charge is 0.0544 e. The molecule has 0 aromatic heterocycles. The van der Waals surface area contributed by atoms with Crippen LogP contribution in [0.5, 0.6) is 0 Å². The molecular weight excluding hydrogens is 160 g/mol. The van der Waals surface area contributed by atoms with E-state index in [1.807, 2.05) is 24.3 Å². The maximum atomic E-state index is 5.12. The minimum absolute atomic E-state index is 1.06. The van der Waals surface area contributed by atoms with Gasteiger partial charge in [-0.2, -0.15) is 5.10 Å². The highest BCUT2D eigenvalue weighted by Gasteiger charge is 1.95. The molecule has 2 N–H and O–H groups in total. The monoisotopic (exact) mass is 170 g/mol. The van der Waals surface area contributed by atoms with Crippen LogP contribution < -0.4 is 5.84 Å². The fraction of sp³-hybridized carbons (Fsp3) is 0. The molecule has 2 aromatic carbocycles. The average molecular weight is 170 g/mol. The van der Waals surface area contributed by atoms with E-state index in [1.54, 1.807) is 6.21 Å². The van der Waals surface area contributed by atoms with Crippen molar-refractivity contribution in [2.24, 2.45) is 10.9 Å². The van der Waals surface area contributed by atoms with E-state index in [0.29, 0.717) is 0 Å². The van der Waals surface area contributed by atoms with Gasteiger partial charge in [-0.3, -0.25) is 0 Å². The van der Waals surface area contributed by atoms with Crippen molar-refractivity contribution in [1.29, 1.82) is 0 Å². The highest BCUT2D eigenvalue weighted by Crippen LogP contribution is 2.16. The quantitative estimate of drug-likeness (QED) is 0.397. The van der Waals surface area contributed by atoms with E-state index in [-0.39, 0.29) is 0 Å². The number of nitrogens with zero attached hydrogens (tertiary/aromatic N) is 1. The molecule has 0 heterocycles. The Morgan fingerprint density at radius 2 is 1.77 bits per heavy atom. The Bertz CT molecular complexity index is 441. The van der Waals surface area contributed by atoms with Crippen molar-refractivity contribution >= 4 is 17.0 Å². The number of nitrogens with two attached hydrogens (primary N) is 1. The molecule has 0 aliphatic rings. The van der Waals surface area contributed by atoms with Crippen LogP contribution in [0.3, 0.4) is 0 Å². The first kappa shape index (κ1) is 7.80. The lowest BCUT2D eigenvalue weighted by molar-refractivity contribution is 1.26. The van der Waals surface area contributed by atoms with Gasteiger partial charge in [0.15, 0.2) is 0 Å². The summed E-state index contributed by atoms with van der Waals surface area (Å²) in [7, 11) is 0. The zero-order valence-electron chi connectivity index (χ0n) is 7.14. The van der Waals surface area contributed by atoms with Crippen molar-refractivity contribution in [3.63, 3.8) is 0 Å². The van der Waals surface area contributed by atoms with Crippen LogP contribution in [0.25, 0.3) is 10.8 Å². The molecule has 2 nitrogen and oxygen atoms in total. The Labute approximate surface area is 76.7 Å². The molecule has 0 spiro atoms. The van der Waals surface area contributed by atoms with Gasteiger partial charge in [0, 0.05) is 5.56 Å². The van der Waals surface area contributed by atoms with Gasteiger partial charge in [0.1, 0.15) is 0 Å². The number of rotatable bonds is 1. The van der Waals surface area contributed by atoms with Crippen LogP contribution in [-0.2, 0) is 0 Å². The first-order valence-electron chi connectivity index (χ1n) is 4.13. The summed E-state index contributed by atoms with van der Waals surface area (Å²) in [6, 6.07) is 14.2. The summed E-state index contributed by atoms with van der Waals surface area (Å²) in [6.07, 6.45) is 1.67. The first-order valence-corrected chi connectivity index (χ1v) is 4.13. The molecule has 0 aliphatic carbocycles. The zero-order chi connectivity index (χ0) is 9.10. The third-order valence-corrected chi connectivity index (χ3v) is 2.04. The zero-order valence-corrected chi connectivity index (χ0v) is 7.14. The molecule has 0 unspecified atom stereocenters. The van der Waals surface area contributed by atoms with Crippen LogP contribution in [0.1, 0.15) is 5.56 Å². The lowest BCUT2D eigenvalue weighted by atomic mass is 10.1. The lowest BCUT2D eigenvalue weighted by Gasteiger charge is -1.99. The van der Waals surface area contributed by atoms with Gasteiger partial charge in [0.25, 0.3) is 0 Å². The number of fused-ring (bicyclic) bond motifs is 1. The van der Waals surface area contributed by atoms with Gasteiger partial charge in [0.05, 0.1) is 6.21 Å². The van der Waals surface area contributed by atoms with Crippen LogP contribution in [0.15, 0.2) is 47.6 Å². The minimum atomic E-state index is 1.06. The molecular formula is C11H10N2. The van der Waals surface area contributed by atoms with Crippen molar-refractivity contribution < 1.29 is 0 Å².